The Labute approximate surface area is 253 Å². The van der Waals surface area contributed by atoms with E-state index in [0.29, 0.717) is 0 Å². The third kappa shape index (κ3) is 5.49. The molecule has 0 saturated carbocycles. The molecule has 1 heteroatoms. The van der Waals surface area contributed by atoms with Gasteiger partial charge in [0.25, 0.3) is 0 Å². The van der Waals surface area contributed by atoms with Crippen molar-refractivity contribution in [3.63, 3.8) is 0 Å². The Bertz CT molecular complexity index is 1820. The molecule has 0 amide bonds. The van der Waals surface area contributed by atoms with Gasteiger partial charge in [-0.05, 0) is 86.0 Å². The number of para-hydroxylation sites is 1. The fourth-order valence-electron chi connectivity index (χ4n) is 5.81. The standard InChI is InChI=1S/C42H30O/c1-6-16-32(17-7-1)39-38(30-31-26-28-37(29-27-31)43-36-24-14-5-15-25-36)40(33-18-8-2-9-19-33)42(35-22-12-4-13-23-35)41(39)34-20-10-3-11-21-34/h1-30H. The lowest BCUT2D eigenvalue weighted by Crippen LogP contribution is -1.92. The van der Waals surface area contributed by atoms with E-state index in [1.807, 2.05) is 42.5 Å². The summed E-state index contributed by atoms with van der Waals surface area (Å²) in [5.41, 5.74) is 12.0. The summed E-state index contributed by atoms with van der Waals surface area (Å²) in [5, 5.41) is 0. The third-order valence-electron chi connectivity index (χ3n) is 7.71. The van der Waals surface area contributed by atoms with Crippen molar-refractivity contribution in [2.45, 2.75) is 0 Å². The first kappa shape index (κ1) is 26.3. The van der Waals surface area contributed by atoms with E-state index in [1.165, 1.54) is 50.1 Å². The minimum atomic E-state index is 0.812. The summed E-state index contributed by atoms with van der Waals surface area (Å²) in [6, 6.07) is 61.4. The lowest BCUT2D eigenvalue weighted by atomic mass is 9.89. The molecule has 0 unspecified atom stereocenters. The van der Waals surface area contributed by atoms with Crippen LogP contribution in [0.2, 0.25) is 0 Å². The first-order valence-corrected chi connectivity index (χ1v) is 14.6. The van der Waals surface area contributed by atoms with E-state index >= 15 is 0 Å². The minimum absolute atomic E-state index is 0.812. The van der Waals surface area contributed by atoms with Crippen LogP contribution in [0.4, 0.5) is 0 Å². The Morgan fingerprint density at radius 1 is 0.302 bits per heavy atom. The molecule has 0 bridgehead atoms. The number of ether oxygens (including phenoxy) is 1. The zero-order valence-corrected chi connectivity index (χ0v) is 23.7. The number of benzene rings is 6. The van der Waals surface area contributed by atoms with Crippen LogP contribution in [0.5, 0.6) is 11.5 Å². The van der Waals surface area contributed by atoms with Crippen molar-refractivity contribution in [3.05, 3.63) is 209 Å². The predicted octanol–water partition coefficient (Wildman–Crippen LogP) is 11.1. The van der Waals surface area contributed by atoms with Gasteiger partial charge in [0.1, 0.15) is 11.5 Å². The van der Waals surface area contributed by atoms with Gasteiger partial charge in [0.05, 0.1) is 0 Å². The highest BCUT2D eigenvalue weighted by atomic mass is 16.5. The second-order valence-corrected chi connectivity index (χ2v) is 10.5. The van der Waals surface area contributed by atoms with Crippen LogP contribution in [0.15, 0.2) is 181 Å². The zero-order valence-electron chi connectivity index (χ0n) is 23.7. The molecule has 0 radical (unpaired) electrons. The van der Waals surface area contributed by atoms with E-state index in [0.717, 1.165) is 17.1 Å². The molecule has 43 heavy (non-hydrogen) atoms. The van der Waals surface area contributed by atoms with Crippen molar-refractivity contribution >= 4 is 28.4 Å². The maximum absolute atomic E-state index is 6.09. The molecule has 1 aliphatic rings. The van der Waals surface area contributed by atoms with Crippen molar-refractivity contribution in [1.29, 1.82) is 0 Å². The number of rotatable bonds is 7. The van der Waals surface area contributed by atoms with Gasteiger partial charge in [-0.1, -0.05) is 152 Å². The molecule has 6 aromatic rings. The van der Waals surface area contributed by atoms with Crippen LogP contribution in [0.3, 0.4) is 0 Å². The molecule has 0 saturated heterocycles. The van der Waals surface area contributed by atoms with Crippen LogP contribution >= 0.6 is 0 Å². The Balaban J connectivity index is 1.48. The van der Waals surface area contributed by atoms with Crippen LogP contribution < -0.4 is 4.74 Å². The summed E-state index contributed by atoms with van der Waals surface area (Å²) in [6.45, 7) is 0. The van der Waals surface area contributed by atoms with Gasteiger partial charge in [-0.15, -0.1) is 0 Å². The Hall–Kier alpha value is -5.66. The molecule has 0 aromatic heterocycles. The number of hydrogen-bond donors (Lipinski definition) is 0. The van der Waals surface area contributed by atoms with Crippen molar-refractivity contribution < 1.29 is 4.74 Å². The molecule has 6 aromatic carbocycles. The largest absolute Gasteiger partial charge is 0.457 e. The molecule has 0 N–H and O–H groups in total. The van der Waals surface area contributed by atoms with Gasteiger partial charge < -0.3 is 4.74 Å². The van der Waals surface area contributed by atoms with Crippen molar-refractivity contribution in [2.75, 3.05) is 0 Å². The average Bonchev–Trinajstić information content (AvgIpc) is 3.42. The van der Waals surface area contributed by atoms with E-state index in [1.54, 1.807) is 0 Å². The summed E-state index contributed by atoms with van der Waals surface area (Å²) >= 11 is 0. The minimum Gasteiger partial charge on any atom is -0.457 e. The van der Waals surface area contributed by atoms with E-state index in [4.69, 9.17) is 4.74 Å². The second-order valence-electron chi connectivity index (χ2n) is 10.5. The predicted molar refractivity (Wildman–Crippen MR) is 180 cm³/mol. The number of hydrogen-bond acceptors (Lipinski definition) is 1. The topological polar surface area (TPSA) is 9.23 Å². The van der Waals surface area contributed by atoms with Gasteiger partial charge in [0.15, 0.2) is 0 Å². The van der Waals surface area contributed by atoms with E-state index < -0.39 is 0 Å². The molecule has 204 valence electrons. The molecule has 0 fully saturated rings. The average molecular weight is 551 g/mol. The van der Waals surface area contributed by atoms with E-state index in [2.05, 4.69) is 140 Å². The maximum Gasteiger partial charge on any atom is 0.127 e. The maximum atomic E-state index is 6.09. The SMILES string of the molecule is C(=C1C(c2ccccc2)=C(c2ccccc2)C(c2ccccc2)=C1c1ccccc1)c1ccc(Oc2ccccc2)cc1. The normalized spacial score (nSPS) is 12.9. The summed E-state index contributed by atoms with van der Waals surface area (Å²) < 4.78 is 6.09. The Morgan fingerprint density at radius 3 is 1.02 bits per heavy atom. The summed E-state index contributed by atoms with van der Waals surface area (Å²) in [6.07, 6.45) is 2.33. The quantitative estimate of drug-likeness (QED) is 0.192. The Kier molecular flexibility index (Phi) is 7.36. The van der Waals surface area contributed by atoms with Crippen molar-refractivity contribution in [1.82, 2.24) is 0 Å². The molecule has 0 aliphatic heterocycles. The summed E-state index contributed by atoms with van der Waals surface area (Å²) in [7, 11) is 0. The van der Waals surface area contributed by atoms with Gasteiger partial charge >= 0.3 is 0 Å². The van der Waals surface area contributed by atoms with Crippen LogP contribution in [0, 0.1) is 0 Å². The third-order valence-corrected chi connectivity index (χ3v) is 7.71. The first-order valence-electron chi connectivity index (χ1n) is 14.6. The van der Waals surface area contributed by atoms with Gasteiger partial charge in [0, 0.05) is 0 Å². The highest BCUT2D eigenvalue weighted by Crippen LogP contribution is 2.55. The molecule has 1 nitrogen and oxygen atoms in total. The summed E-state index contributed by atoms with van der Waals surface area (Å²) in [5.74, 6) is 1.64. The molecule has 7 rings (SSSR count). The lowest BCUT2D eigenvalue weighted by Gasteiger charge is -2.14. The molecular weight excluding hydrogens is 520 g/mol. The fourth-order valence-corrected chi connectivity index (χ4v) is 5.81. The Morgan fingerprint density at radius 2 is 0.628 bits per heavy atom. The second kappa shape index (κ2) is 12.1. The van der Waals surface area contributed by atoms with Crippen LogP contribution in [0.1, 0.15) is 27.8 Å². The summed E-state index contributed by atoms with van der Waals surface area (Å²) in [4.78, 5) is 0. The highest BCUT2D eigenvalue weighted by Gasteiger charge is 2.32. The van der Waals surface area contributed by atoms with Gasteiger partial charge in [-0.2, -0.15) is 0 Å². The highest BCUT2D eigenvalue weighted by molar-refractivity contribution is 6.35. The molecule has 1 aliphatic carbocycles. The fraction of sp³-hybridized carbons (Fsp3) is 0. The van der Waals surface area contributed by atoms with Crippen LogP contribution in [-0.2, 0) is 0 Å². The van der Waals surface area contributed by atoms with Gasteiger partial charge in [-0.3, -0.25) is 0 Å². The smallest absolute Gasteiger partial charge is 0.127 e. The van der Waals surface area contributed by atoms with Crippen molar-refractivity contribution in [3.8, 4) is 11.5 Å². The van der Waals surface area contributed by atoms with Crippen molar-refractivity contribution in [2.24, 2.45) is 0 Å². The molecule has 0 heterocycles. The van der Waals surface area contributed by atoms with Gasteiger partial charge in [-0.25, -0.2) is 0 Å². The van der Waals surface area contributed by atoms with E-state index in [9.17, 15) is 0 Å². The number of allylic oxidation sites excluding steroid dienone is 5. The first-order chi connectivity index (χ1) is 21.3. The molecular formula is C42H30O. The zero-order chi connectivity index (χ0) is 28.8. The monoisotopic (exact) mass is 550 g/mol. The van der Waals surface area contributed by atoms with Crippen LogP contribution in [0.25, 0.3) is 28.4 Å². The van der Waals surface area contributed by atoms with Gasteiger partial charge in [0.2, 0.25) is 0 Å². The van der Waals surface area contributed by atoms with E-state index in [-0.39, 0.29) is 0 Å². The van der Waals surface area contributed by atoms with Crippen LogP contribution in [-0.4, -0.2) is 0 Å². The molecule has 0 spiro atoms. The lowest BCUT2D eigenvalue weighted by molar-refractivity contribution is 0.482. The molecule has 0 atom stereocenters.